The number of nitrogens with zero attached hydrogens (tertiary/aromatic N) is 2. The normalized spacial score (nSPS) is 11.0. The van der Waals surface area contributed by atoms with E-state index in [1.54, 1.807) is 25.0 Å². The summed E-state index contributed by atoms with van der Waals surface area (Å²) >= 11 is 0. The lowest BCUT2D eigenvalue weighted by Crippen LogP contribution is -2.31. The first-order chi connectivity index (χ1) is 14.9. The number of rotatable bonds is 6. The van der Waals surface area contributed by atoms with E-state index in [9.17, 15) is 9.18 Å². The van der Waals surface area contributed by atoms with Crippen molar-refractivity contribution in [1.29, 1.82) is 0 Å². The molecule has 0 aliphatic carbocycles. The molecule has 0 aliphatic heterocycles. The fourth-order valence-corrected chi connectivity index (χ4v) is 3.46. The maximum atomic E-state index is 13.9. The Balaban J connectivity index is 1.67. The molecule has 0 aliphatic rings. The van der Waals surface area contributed by atoms with E-state index >= 15 is 0 Å². The molecule has 1 aromatic heterocycles. The summed E-state index contributed by atoms with van der Waals surface area (Å²) in [7, 11) is 1.60. The van der Waals surface area contributed by atoms with Gasteiger partial charge in [0.25, 0.3) is 5.91 Å². The van der Waals surface area contributed by atoms with Crippen molar-refractivity contribution in [2.45, 2.75) is 26.9 Å². The highest BCUT2D eigenvalue weighted by atomic mass is 19.1. The number of amides is 1. The number of methoxy groups -OCH3 is 1. The van der Waals surface area contributed by atoms with Crippen LogP contribution in [0.2, 0.25) is 0 Å². The Bertz CT molecular complexity index is 1230. The Morgan fingerprint density at radius 2 is 1.81 bits per heavy atom. The molecule has 4 aromatic rings. The van der Waals surface area contributed by atoms with Crippen molar-refractivity contribution >= 4 is 17.0 Å². The highest BCUT2D eigenvalue weighted by Gasteiger charge is 2.21. The van der Waals surface area contributed by atoms with Gasteiger partial charge in [0.1, 0.15) is 17.1 Å². The van der Waals surface area contributed by atoms with Gasteiger partial charge in [0, 0.05) is 12.1 Å². The SMILES string of the molecule is COc1ccc(CN(Cc2nc3cc(C)ccc3o2)C(=O)c2cc(F)ccc2C)cc1. The van der Waals surface area contributed by atoms with E-state index in [1.165, 1.54) is 12.1 Å². The summed E-state index contributed by atoms with van der Waals surface area (Å²) in [5.74, 6) is 0.426. The predicted octanol–water partition coefficient (Wildman–Crippen LogP) is 5.43. The zero-order valence-electron chi connectivity index (χ0n) is 17.7. The first kappa shape index (κ1) is 20.6. The van der Waals surface area contributed by atoms with Crippen LogP contribution < -0.4 is 4.74 Å². The standard InChI is InChI=1S/C25H23FN2O3/c1-16-4-11-23-22(12-16)27-24(31-23)15-28(14-18-6-9-20(30-3)10-7-18)25(29)21-13-19(26)8-5-17(21)2/h4-13H,14-15H2,1-3H3. The zero-order chi connectivity index (χ0) is 22.0. The van der Waals surface area contributed by atoms with Gasteiger partial charge in [0.15, 0.2) is 5.58 Å². The van der Waals surface area contributed by atoms with Crippen LogP contribution in [0.3, 0.4) is 0 Å². The molecule has 0 fully saturated rings. The molecule has 4 rings (SSSR count). The zero-order valence-corrected chi connectivity index (χ0v) is 17.7. The smallest absolute Gasteiger partial charge is 0.254 e. The first-order valence-electron chi connectivity index (χ1n) is 9.97. The summed E-state index contributed by atoms with van der Waals surface area (Å²) in [4.78, 5) is 19.5. The molecule has 5 nitrogen and oxygen atoms in total. The van der Waals surface area contributed by atoms with E-state index in [1.807, 2.05) is 49.4 Å². The van der Waals surface area contributed by atoms with Crippen molar-refractivity contribution in [3.63, 3.8) is 0 Å². The lowest BCUT2D eigenvalue weighted by molar-refractivity contribution is 0.0714. The quantitative estimate of drug-likeness (QED) is 0.419. The van der Waals surface area contributed by atoms with E-state index < -0.39 is 5.82 Å². The number of hydrogen-bond donors (Lipinski definition) is 0. The first-order valence-corrected chi connectivity index (χ1v) is 9.97. The topological polar surface area (TPSA) is 55.6 Å². The van der Waals surface area contributed by atoms with E-state index in [2.05, 4.69) is 4.98 Å². The molecule has 0 bridgehead atoms. The van der Waals surface area contributed by atoms with Crippen molar-refractivity contribution in [3.05, 3.63) is 94.6 Å². The Morgan fingerprint density at radius 1 is 1.03 bits per heavy atom. The van der Waals surface area contributed by atoms with Crippen molar-refractivity contribution in [2.24, 2.45) is 0 Å². The van der Waals surface area contributed by atoms with Crippen molar-refractivity contribution in [2.75, 3.05) is 7.11 Å². The van der Waals surface area contributed by atoms with Gasteiger partial charge in [-0.2, -0.15) is 0 Å². The summed E-state index contributed by atoms with van der Waals surface area (Å²) in [6.45, 7) is 4.26. The summed E-state index contributed by atoms with van der Waals surface area (Å²) in [5.41, 5.74) is 4.43. The maximum Gasteiger partial charge on any atom is 0.254 e. The van der Waals surface area contributed by atoms with Gasteiger partial charge >= 0.3 is 0 Å². The van der Waals surface area contributed by atoms with Gasteiger partial charge in [-0.15, -0.1) is 0 Å². The minimum atomic E-state index is -0.448. The third-order valence-corrected chi connectivity index (χ3v) is 5.16. The molecule has 31 heavy (non-hydrogen) atoms. The van der Waals surface area contributed by atoms with Crippen LogP contribution in [-0.4, -0.2) is 22.9 Å². The number of oxazole rings is 1. The van der Waals surface area contributed by atoms with Gasteiger partial charge in [-0.1, -0.05) is 24.3 Å². The second-order valence-corrected chi connectivity index (χ2v) is 7.55. The fourth-order valence-electron chi connectivity index (χ4n) is 3.46. The number of carbonyl (C=O) groups is 1. The Labute approximate surface area is 180 Å². The highest BCUT2D eigenvalue weighted by Crippen LogP contribution is 2.22. The molecule has 0 atom stereocenters. The van der Waals surface area contributed by atoms with Crippen LogP contribution in [0.1, 0.15) is 32.9 Å². The van der Waals surface area contributed by atoms with Gasteiger partial charge in [-0.3, -0.25) is 4.79 Å². The van der Waals surface area contributed by atoms with Gasteiger partial charge in [-0.05, 0) is 66.9 Å². The van der Waals surface area contributed by atoms with Crippen LogP contribution >= 0.6 is 0 Å². The lowest BCUT2D eigenvalue weighted by Gasteiger charge is -2.22. The van der Waals surface area contributed by atoms with Gasteiger partial charge < -0.3 is 14.1 Å². The molecule has 1 amide bonds. The second kappa shape index (κ2) is 8.60. The number of hydrogen-bond acceptors (Lipinski definition) is 4. The average molecular weight is 418 g/mol. The van der Waals surface area contributed by atoms with E-state index in [-0.39, 0.29) is 12.5 Å². The molecule has 158 valence electrons. The minimum Gasteiger partial charge on any atom is -0.497 e. The lowest BCUT2D eigenvalue weighted by atomic mass is 10.1. The molecular formula is C25H23FN2O3. The molecule has 3 aromatic carbocycles. The summed E-state index contributed by atoms with van der Waals surface area (Å²) in [6.07, 6.45) is 0. The minimum absolute atomic E-state index is 0.161. The summed E-state index contributed by atoms with van der Waals surface area (Å²) in [5, 5.41) is 0. The molecule has 0 radical (unpaired) electrons. The maximum absolute atomic E-state index is 13.9. The fraction of sp³-hybridized carbons (Fsp3) is 0.200. The average Bonchev–Trinajstić information content (AvgIpc) is 3.16. The third kappa shape index (κ3) is 4.58. The molecule has 0 saturated carbocycles. The van der Waals surface area contributed by atoms with E-state index in [0.29, 0.717) is 29.1 Å². The number of benzene rings is 3. The van der Waals surface area contributed by atoms with E-state index in [4.69, 9.17) is 9.15 Å². The largest absolute Gasteiger partial charge is 0.497 e. The van der Waals surface area contributed by atoms with Crippen LogP contribution in [0.15, 0.2) is 65.1 Å². The molecular weight excluding hydrogens is 395 g/mol. The van der Waals surface area contributed by atoms with Gasteiger partial charge in [0.2, 0.25) is 5.89 Å². The summed E-state index contributed by atoms with van der Waals surface area (Å²) in [6, 6.07) is 17.5. The van der Waals surface area contributed by atoms with Gasteiger partial charge in [-0.25, -0.2) is 9.37 Å². The number of aryl methyl sites for hydroxylation is 2. The predicted molar refractivity (Wildman–Crippen MR) is 116 cm³/mol. The Hall–Kier alpha value is -3.67. The molecule has 6 heteroatoms. The van der Waals surface area contributed by atoms with Crippen molar-refractivity contribution in [1.82, 2.24) is 9.88 Å². The van der Waals surface area contributed by atoms with Gasteiger partial charge in [0.05, 0.1) is 13.7 Å². The monoisotopic (exact) mass is 418 g/mol. The van der Waals surface area contributed by atoms with E-state index in [0.717, 1.165) is 22.4 Å². The molecule has 0 spiro atoms. The second-order valence-electron chi connectivity index (χ2n) is 7.55. The van der Waals surface area contributed by atoms with Crippen molar-refractivity contribution < 1.29 is 18.3 Å². The number of fused-ring (bicyclic) bond motifs is 1. The van der Waals surface area contributed by atoms with Crippen LogP contribution in [0.5, 0.6) is 5.75 Å². The van der Waals surface area contributed by atoms with Crippen LogP contribution in [0, 0.1) is 19.7 Å². The number of ether oxygens (including phenoxy) is 1. The molecule has 1 heterocycles. The third-order valence-electron chi connectivity index (χ3n) is 5.16. The van der Waals surface area contributed by atoms with Crippen molar-refractivity contribution in [3.8, 4) is 5.75 Å². The number of carbonyl (C=O) groups excluding carboxylic acids is 1. The highest BCUT2D eigenvalue weighted by molar-refractivity contribution is 5.95. The van der Waals surface area contributed by atoms with Crippen LogP contribution in [0.25, 0.3) is 11.1 Å². The van der Waals surface area contributed by atoms with Crippen LogP contribution in [-0.2, 0) is 13.1 Å². The molecule has 0 saturated heterocycles. The summed E-state index contributed by atoms with van der Waals surface area (Å²) < 4.78 is 25.0. The Morgan fingerprint density at radius 3 is 2.55 bits per heavy atom. The number of halogens is 1. The number of aromatic nitrogens is 1. The Kier molecular flexibility index (Phi) is 5.71. The molecule has 0 unspecified atom stereocenters. The molecule has 0 N–H and O–H groups in total. The van der Waals surface area contributed by atoms with Crippen LogP contribution in [0.4, 0.5) is 4.39 Å².